The van der Waals surface area contributed by atoms with E-state index >= 15 is 0 Å². The highest BCUT2D eigenvalue weighted by molar-refractivity contribution is 5.87. The van der Waals surface area contributed by atoms with E-state index in [1.165, 1.54) is 18.2 Å². The van der Waals surface area contributed by atoms with Crippen molar-refractivity contribution < 1.29 is 9.53 Å². The summed E-state index contributed by atoms with van der Waals surface area (Å²) in [6.07, 6.45) is 0. The SMILES string of the molecule is COC(=O)c1ccc(CN[C@@H](C)c2ccc(C)cc2)[nH]1. The van der Waals surface area contributed by atoms with Gasteiger partial charge in [0, 0.05) is 18.3 Å². The Morgan fingerprint density at radius 1 is 1.25 bits per heavy atom. The Labute approximate surface area is 119 Å². The van der Waals surface area contributed by atoms with E-state index in [2.05, 4.69) is 53.2 Å². The van der Waals surface area contributed by atoms with Crippen LogP contribution in [0.1, 0.15) is 40.3 Å². The molecule has 2 rings (SSSR count). The Kier molecular flexibility index (Phi) is 4.58. The molecule has 0 aliphatic rings. The van der Waals surface area contributed by atoms with Crippen LogP contribution in [0.5, 0.6) is 0 Å². The molecule has 1 atom stereocenters. The molecular formula is C16H20N2O2. The number of methoxy groups -OCH3 is 1. The molecule has 2 N–H and O–H groups in total. The number of carbonyl (C=O) groups is 1. The second-order valence-corrected chi connectivity index (χ2v) is 4.90. The normalized spacial score (nSPS) is 12.2. The van der Waals surface area contributed by atoms with Crippen molar-refractivity contribution in [3.05, 3.63) is 58.9 Å². The van der Waals surface area contributed by atoms with E-state index < -0.39 is 0 Å². The fraction of sp³-hybridized carbons (Fsp3) is 0.312. The van der Waals surface area contributed by atoms with Crippen molar-refractivity contribution in [3.63, 3.8) is 0 Å². The molecule has 4 heteroatoms. The van der Waals surface area contributed by atoms with E-state index in [1.54, 1.807) is 6.07 Å². The number of rotatable bonds is 5. The molecule has 0 radical (unpaired) electrons. The summed E-state index contributed by atoms with van der Waals surface area (Å²) < 4.78 is 4.67. The number of aromatic amines is 1. The highest BCUT2D eigenvalue weighted by Crippen LogP contribution is 2.14. The lowest BCUT2D eigenvalue weighted by molar-refractivity contribution is 0.0594. The molecule has 1 aromatic carbocycles. The first-order chi connectivity index (χ1) is 9.60. The fourth-order valence-electron chi connectivity index (χ4n) is 2.01. The van der Waals surface area contributed by atoms with Gasteiger partial charge in [0.25, 0.3) is 0 Å². The Balaban J connectivity index is 1.93. The summed E-state index contributed by atoms with van der Waals surface area (Å²) in [5.74, 6) is -0.345. The van der Waals surface area contributed by atoms with Gasteiger partial charge in [-0.25, -0.2) is 4.79 Å². The van der Waals surface area contributed by atoms with Crippen LogP contribution in [0.2, 0.25) is 0 Å². The van der Waals surface area contributed by atoms with Gasteiger partial charge in [-0.1, -0.05) is 29.8 Å². The van der Waals surface area contributed by atoms with Gasteiger partial charge >= 0.3 is 5.97 Å². The monoisotopic (exact) mass is 272 g/mol. The van der Waals surface area contributed by atoms with Gasteiger partial charge in [-0.15, -0.1) is 0 Å². The van der Waals surface area contributed by atoms with E-state index in [4.69, 9.17) is 0 Å². The van der Waals surface area contributed by atoms with Crippen molar-refractivity contribution in [1.82, 2.24) is 10.3 Å². The highest BCUT2D eigenvalue weighted by atomic mass is 16.5. The number of aromatic nitrogens is 1. The number of aryl methyl sites for hydroxylation is 1. The quantitative estimate of drug-likeness (QED) is 0.823. The number of esters is 1. The third-order valence-electron chi connectivity index (χ3n) is 3.33. The van der Waals surface area contributed by atoms with Crippen molar-refractivity contribution in [2.75, 3.05) is 7.11 Å². The number of H-pyrrole nitrogens is 1. The van der Waals surface area contributed by atoms with Crippen LogP contribution in [0.4, 0.5) is 0 Å². The minimum Gasteiger partial charge on any atom is -0.464 e. The maximum Gasteiger partial charge on any atom is 0.354 e. The molecule has 1 aromatic heterocycles. The van der Waals surface area contributed by atoms with Crippen LogP contribution in [0.15, 0.2) is 36.4 Å². The molecule has 0 bridgehead atoms. The summed E-state index contributed by atoms with van der Waals surface area (Å²) in [7, 11) is 1.38. The van der Waals surface area contributed by atoms with Crippen LogP contribution < -0.4 is 5.32 Å². The van der Waals surface area contributed by atoms with E-state index in [0.29, 0.717) is 12.2 Å². The predicted molar refractivity (Wildman–Crippen MR) is 78.6 cm³/mol. The second-order valence-electron chi connectivity index (χ2n) is 4.90. The van der Waals surface area contributed by atoms with Gasteiger partial charge < -0.3 is 15.0 Å². The number of benzene rings is 1. The van der Waals surface area contributed by atoms with Gasteiger partial charge in [-0.05, 0) is 31.5 Å². The maximum atomic E-state index is 11.3. The number of hydrogen-bond acceptors (Lipinski definition) is 3. The van der Waals surface area contributed by atoms with E-state index in [9.17, 15) is 4.79 Å². The number of nitrogens with one attached hydrogen (secondary N) is 2. The highest BCUT2D eigenvalue weighted by Gasteiger charge is 2.09. The summed E-state index contributed by atoms with van der Waals surface area (Å²) in [6.45, 7) is 4.87. The number of ether oxygens (including phenoxy) is 1. The molecule has 4 nitrogen and oxygen atoms in total. The molecule has 106 valence electrons. The lowest BCUT2D eigenvalue weighted by atomic mass is 10.1. The molecule has 1 heterocycles. The summed E-state index contributed by atoms with van der Waals surface area (Å²) in [6, 6.07) is 12.3. The molecular weight excluding hydrogens is 252 g/mol. The van der Waals surface area contributed by atoms with E-state index in [1.807, 2.05) is 6.07 Å². The van der Waals surface area contributed by atoms with Crippen LogP contribution in [-0.2, 0) is 11.3 Å². The molecule has 0 saturated heterocycles. The molecule has 0 aliphatic heterocycles. The molecule has 0 saturated carbocycles. The van der Waals surface area contributed by atoms with Crippen molar-refractivity contribution >= 4 is 5.97 Å². The zero-order valence-electron chi connectivity index (χ0n) is 12.1. The zero-order valence-corrected chi connectivity index (χ0v) is 12.1. The largest absolute Gasteiger partial charge is 0.464 e. The molecule has 0 aliphatic carbocycles. The van der Waals surface area contributed by atoms with Crippen molar-refractivity contribution in [2.45, 2.75) is 26.4 Å². The van der Waals surface area contributed by atoms with E-state index in [0.717, 1.165) is 5.69 Å². The van der Waals surface area contributed by atoms with Crippen LogP contribution in [0, 0.1) is 6.92 Å². The molecule has 20 heavy (non-hydrogen) atoms. The number of carbonyl (C=O) groups excluding carboxylic acids is 1. The first kappa shape index (κ1) is 14.3. The lowest BCUT2D eigenvalue weighted by Gasteiger charge is -2.13. The first-order valence-electron chi connectivity index (χ1n) is 6.66. The standard InChI is InChI=1S/C16H20N2O2/c1-11-4-6-13(7-5-11)12(2)17-10-14-8-9-15(18-14)16(19)20-3/h4-9,12,17-18H,10H2,1-3H3/t12-/m0/s1. The van der Waals surface area contributed by atoms with Gasteiger partial charge in [0.2, 0.25) is 0 Å². The van der Waals surface area contributed by atoms with Gasteiger partial charge in [-0.3, -0.25) is 0 Å². The van der Waals surface area contributed by atoms with Crippen molar-refractivity contribution in [2.24, 2.45) is 0 Å². The Bertz CT molecular complexity index is 572. The third-order valence-corrected chi connectivity index (χ3v) is 3.33. The topological polar surface area (TPSA) is 54.1 Å². The van der Waals surface area contributed by atoms with Crippen LogP contribution in [0.3, 0.4) is 0 Å². The zero-order chi connectivity index (χ0) is 14.5. The molecule has 0 unspecified atom stereocenters. The fourth-order valence-corrected chi connectivity index (χ4v) is 2.01. The third kappa shape index (κ3) is 3.48. The average Bonchev–Trinajstić information content (AvgIpc) is 2.93. The predicted octanol–water partition coefficient (Wildman–Crippen LogP) is 2.96. The minimum atomic E-state index is -0.345. The minimum absolute atomic E-state index is 0.250. The summed E-state index contributed by atoms with van der Waals surface area (Å²) >= 11 is 0. The summed E-state index contributed by atoms with van der Waals surface area (Å²) in [5, 5.41) is 3.42. The summed E-state index contributed by atoms with van der Waals surface area (Å²) in [5.41, 5.74) is 3.94. The Hall–Kier alpha value is -2.07. The summed E-state index contributed by atoms with van der Waals surface area (Å²) in [4.78, 5) is 14.4. The average molecular weight is 272 g/mol. The van der Waals surface area contributed by atoms with Crippen LogP contribution in [0.25, 0.3) is 0 Å². The molecule has 2 aromatic rings. The van der Waals surface area contributed by atoms with Gasteiger partial charge in [0.15, 0.2) is 0 Å². The number of hydrogen-bond donors (Lipinski definition) is 2. The van der Waals surface area contributed by atoms with Crippen molar-refractivity contribution in [3.8, 4) is 0 Å². The smallest absolute Gasteiger partial charge is 0.354 e. The second kappa shape index (κ2) is 6.39. The first-order valence-corrected chi connectivity index (χ1v) is 6.66. The van der Waals surface area contributed by atoms with Crippen LogP contribution in [-0.4, -0.2) is 18.1 Å². The lowest BCUT2D eigenvalue weighted by Crippen LogP contribution is -2.18. The maximum absolute atomic E-state index is 11.3. The van der Waals surface area contributed by atoms with Crippen LogP contribution >= 0.6 is 0 Å². The Morgan fingerprint density at radius 2 is 1.95 bits per heavy atom. The van der Waals surface area contributed by atoms with E-state index in [-0.39, 0.29) is 12.0 Å². The van der Waals surface area contributed by atoms with Gasteiger partial charge in [0.1, 0.15) is 5.69 Å². The molecule has 0 fully saturated rings. The molecule has 0 spiro atoms. The molecule has 0 amide bonds. The Morgan fingerprint density at radius 3 is 2.60 bits per heavy atom. The van der Waals surface area contributed by atoms with Crippen molar-refractivity contribution in [1.29, 1.82) is 0 Å². The van der Waals surface area contributed by atoms with Gasteiger partial charge in [-0.2, -0.15) is 0 Å². The van der Waals surface area contributed by atoms with Gasteiger partial charge in [0.05, 0.1) is 7.11 Å².